The Morgan fingerprint density at radius 1 is 1.26 bits per heavy atom. The Morgan fingerprint density at radius 3 is 2.74 bits per heavy atom. The Labute approximate surface area is 115 Å². The van der Waals surface area contributed by atoms with Gasteiger partial charge in [-0.1, -0.05) is 6.07 Å². The van der Waals surface area contributed by atoms with Crippen molar-refractivity contribution in [1.82, 2.24) is 9.80 Å². The molecule has 1 aliphatic rings. The number of nitrogens with zero attached hydrogens (tertiary/aromatic N) is 2. The highest BCUT2D eigenvalue weighted by Crippen LogP contribution is 2.24. The van der Waals surface area contributed by atoms with Gasteiger partial charge in [0, 0.05) is 32.2 Å². The van der Waals surface area contributed by atoms with E-state index in [0.717, 1.165) is 43.7 Å². The first-order chi connectivity index (χ1) is 9.11. The monoisotopic (exact) mass is 265 g/mol. The molecule has 1 aromatic rings. The molecular formula is C15H24FN3. The molecular weight excluding hydrogens is 241 g/mol. The average molecular weight is 265 g/mol. The lowest BCUT2D eigenvalue weighted by atomic mass is 9.99. The molecule has 0 spiro atoms. The normalized spacial score (nSPS) is 20.2. The second kappa shape index (κ2) is 6.46. The summed E-state index contributed by atoms with van der Waals surface area (Å²) in [6, 6.07) is 5.22. The molecule has 0 aliphatic carbocycles. The van der Waals surface area contributed by atoms with Crippen molar-refractivity contribution in [2.45, 2.75) is 19.4 Å². The van der Waals surface area contributed by atoms with Gasteiger partial charge in [0.05, 0.1) is 0 Å². The number of hydrogen-bond donors (Lipinski definition) is 1. The van der Waals surface area contributed by atoms with Crippen LogP contribution in [0.3, 0.4) is 0 Å². The van der Waals surface area contributed by atoms with E-state index < -0.39 is 0 Å². The number of rotatable bonds is 3. The molecule has 1 fully saturated rings. The van der Waals surface area contributed by atoms with Crippen molar-refractivity contribution in [1.29, 1.82) is 0 Å². The van der Waals surface area contributed by atoms with Gasteiger partial charge in [-0.2, -0.15) is 0 Å². The quantitative estimate of drug-likeness (QED) is 0.904. The highest BCUT2D eigenvalue weighted by molar-refractivity contribution is 5.30. The fourth-order valence-electron chi connectivity index (χ4n) is 2.86. The van der Waals surface area contributed by atoms with Crippen LogP contribution in [-0.4, -0.2) is 49.6 Å². The zero-order valence-corrected chi connectivity index (χ0v) is 11.9. The lowest BCUT2D eigenvalue weighted by Crippen LogP contribution is -2.36. The lowest BCUT2D eigenvalue weighted by molar-refractivity contribution is 0.207. The molecule has 1 atom stereocenters. The predicted octanol–water partition coefficient (Wildman–Crippen LogP) is 1.77. The van der Waals surface area contributed by atoms with Crippen LogP contribution in [0.25, 0.3) is 0 Å². The molecule has 3 nitrogen and oxygen atoms in total. The van der Waals surface area contributed by atoms with Crippen molar-refractivity contribution in [3.8, 4) is 0 Å². The minimum Gasteiger partial charge on any atom is -0.329 e. The fourth-order valence-corrected chi connectivity index (χ4v) is 2.86. The van der Waals surface area contributed by atoms with Gasteiger partial charge < -0.3 is 10.6 Å². The van der Waals surface area contributed by atoms with Crippen LogP contribution >= 0.6 is 0 Å². The van der Waals surface area contributed by atoms with Crippen LogP contribution in [0, 0.1) is 12.7 Å². The second-order valence-corrected chi connectivity index (χ2v) is 5.45. The van der Waals surface area contributed by atoms with Crippen LogP contribution in [-0.2, 0) is 0 Å². The third-order valence-electron chi connectivity index (χ3n) is 4.01. The Hall–Kier alpha value is -0.970. The van der Waals surface area contributed by atoms with Gasteiger partial charge in [0.1, 0.15) is 5.82 Å². The topological polar surface area (TPSA) is 32.5 Å². The first-order valence-electron chi connectivity index (χ1n) is 7.00. The summed E-state index contributed by atoms with van der Waals surface area (Å²) in [5, 5.41) is 0. The molecule has 2 rings (SSSR count). The van der Waals surface area contributed by atoms with Gasteiger partial charge in [0.25, 0.3) is 0 Å². The number of likely N-dealkylation sites (N-methyl/N-ethyl adjacent to an activating group) is 1. The molecule has 1 heterocycles. The second-order valence-electron chi connectivity index (χ2n) is 5.45. The number of hydrogen-bond acceptors (Lipinski definition) is 3. The average Bonchev–Trinajstić information content (AvgIpc) is 2.58. The summed E-state index contributed by atoms with van der Waals surface area (Å²) in [5.41, 5.74) is 8.13. The molecule has 2 N–H and O–H groups in total. The number of benzene rings is 1. The third-order valence-corrected chi connectivity index (χ3v) is 4.01. The molecule has 4 heteroatoms. The van der Waals surface area contributed by atoms with E-state index in [1.54, 1.807) is 6.07 Å². The minimum atomic E-state index is -0.173. The zero-order valence-electron chi connectivity index (χ0n) is 11.9. The van der Waals surface area contributed by atoms with Crippen molar-refractivity contribution in [3.63, 3.8) is 0 Å². The van der Waals surface area contributed by atoms with E-state index in [-0.39, 0.29) is 11.9 Å². The van der Waals surface area contributed by atoms with E-state index in [1.807, 2.05) is 13.0 Å². The summed E-state index contributed by atoms with van der Waals surface area (Å²) in [6.07, 6.45) is 1.16. The van der Waals surface area contributed by atoms with E-state index in [2.05, 4.69) is 16.8 Å². The Bertz CT molecular complexity index is 422. The molecule has 1 saturated heterocycles. The number of aryl methyl sites for hydroxylation is 1. The van der Waals surface area contributed by atoms with Crippen molar-refractivity contribution < 1.29 is 4.39 Å². The summed E-state index contributed by atoms with van der Waals surface area (Å²) in [6.45, 7) is 6.83. The maximum absolute atomic E-state index is 13.2. The van der Waals surface area contributed by atoms with E-state index in [4.69, 9.17) is 5.73 Å². The zero-order chi connectivity index (χ0) is 13.8. The highest BCUT2D eigenvalue weighted by atomic mass is 19.1. The smallest absolute Gasteiger partial charge is 0.123 e. The van der Waals surface area contributed by atoms with E-state index >= 15 is 0 Å². The maximum atomic E-state index is 13.2. The van der Waals surface area contributed by atoms with Gasteiger partial charge in [0.2, 0.25) is 0 Å². The van der Waals surface area contributed by atoms with Crippen LogP contribution in [0.5, 0.6) is 0 Å². The third kappa shape index (κ3) is 3.53. The molecule has 0 bridgehead atoms. The maximum Gasteiger partial charge on any atom is 0.123 e. The van der Waals surface area contributed by atoms with Crippen molar-refractivity contribution in [3.05, 3.63) is 35.1 Å². The van der Waals surface area contributed by atoms with Crippen LogP contribution in [0.4, 0.5) is 4.39 Å². The van der Waals surface area contributed by atoms with Gasteiger partial charge in [-0.25, -0.2) is 4.39 Å². The van der Waals surface area contributed by atoms with Crippen molar-refractivity contribution >= 4 is 0 Å². The molecule has 106 valence electrons. The van der Waals surface area contributed by atoms with Crippen molar-refractivity contribution in [2.75, 3.05) is 39.8 Å². The molecule has 1 unspecified atom stereocenters. The van der Waals surface area contributed by atoms with E-state index in [9.17, 15) is 4.39 Å². The van der Waals surface area contributed by atoms with Gasteiger partial charge in [0.15, 0.2) is 0 Å². The molecule has 19 heavy (non-hydrogen) atoms. The standard InChI is InChI=1S/C15H24FN3/c1-12-10-13(16)4-5-14(12)15(11-17)19-7-3-6-18(2)8-9-19/h4-5,10,15H,3,6-9,11,17H2,1-2H3. The summed E-state index contributed by atoms with van der Waals surface area (Å²) < 4.78 is 13.2. The Kier molecular flexibility index (Phi) is 4.91. The van der Waals surface area contributed by atoms with Crippen LogP contribution < -0.4 is 5.73 Å². The molecule has 0 aromatic heterocycles. The summed E-state index contributed by atoms with van der Waals surface area (Å²) >= 11 is 0. The Balaban J connectivity index is 2.18. The first kappa shape index (κ1) is 14.4. The Morgan fingerprint density at radius 2 is 2.05 bits per heavy atom. The molecule has 1 aliphatic heterocycles. The molecule has 0 radical (unpaired) electrons. The summed E-state index contributed by atoms with van der Waals surface area (Å²) in [5.74, 6) is -0.173. The minimum absolute atomic E-state index is 0.173. The van der Waals surface area contributed by atoms with Crippen LogP contribution in [0.15, 0.2) is 18.2 Å². The van der Waals surface area contributed by atoms with E-state index in [0.29, 0.717) is 6.54 Å². The van der Waals surface area contributed by atoms with Crippen LogP contribution in [0.1, 0.15) is 23.6 Å². The highest BCUT2D eigenvalue weighted by Gasteiger charge is 2.22. The number of halogens is 1. The summed E-state index contributed by atoms with van der Waals surface area (Å²) in [7, 11) is 2.16. The van der Waals surface area contributed by atoms with Gasteiger partial charge in [-0.05, 0) is 50.2 Å². The molecule has 0 amide bonds. The van der Waals surface area contributed by atoms with Gasteiger partial charge in [-0.3, -0.25) is 4.90 Å². The predicted molar refractivity (Wildman–Crippen MR) is 76.6 cm³/mol. The van der Waals surface area contributed by atoms with E-state index in [1.165, 1.54) is 6.07 Å². The lowest BCUT2D eigenvalue weighted by Gasteiger charge is -2.31. The van der Waals surface area contributed by atoms with Gasteiger partial charge >= 0.3 is 0 Å². The fraction of sp³-hybridized carbons (Fsp3) is 0.600. The molecule has 0 saturated carbocycles. The van der Waals surface area contributed by atoms with Gasteiger partial charge in [-0.15, -0.1) is 0 Å². The van der Waals surface area contributed by atoms with Crippen molar-refractivity contribution in [2.24, 2.45) is 5.73 Å². The molecule has 1 aromatic carbocycles. The van der Waals surface area contributed by atoms with Crippen LogP contribution in [0.2, 0.25) is 0 Å². The first-order valence-corrected chi connectivity index (χ1v) is 7.00. The SMILES string of the molecule is Cc1cc(F)ccc1C(CN)N1CCCN(C)CC1. The number of nitrogens with two attached hydrogens (primary N) is 1. The summed E-state index contributed by atoms with van der Waals surface area (Å²) in [4.78, 5) is 4.79. The largest absolute Gasteiger partial charge is 0.329 e.